The van der Waals surface area contributed by atoms with Crippen molar-refractivity contribution in [1.82, 2.24) is 3.53 Å². The molecule has 0 radical (unpaired) electrons. The molecule has 2 heterocycles. The van der Waals surface area contributed by atoms with Crippen LogP contribution in [0.2, 0.25) is 0 Å². The Balaban J connectivity index is 1.79. The Morgan fingerprint density at radius 2 is 1.78 bits per heavy atom. The molecule has 0 aliphatic carbocycles. The Kier molecular flexibility index (Phi) is 3.77. The quantitative estimate of drug-likeness (QED) is 0.259. The van der Waals surface area contributed by atoms with E-state index in [-0.39, 0.29) is 8.80 Å². The summed E-state index contributed by atoms with van der Waals surface area (Å²) in [6.07, 6.45) is 1.79. The fraction of sp³-hybridized carbons (Fsp3) is 0.333. The summed E-state index contributed by atoms with van der Waals surface area (Å²) < 4.78 is 31.2. The minimum absolute atomic E-state index is 0.243. The van der Waals surface area contributed by atoms with Crippen LogP contribution >= 0.6 is 20.1 Å². The van der Waals surface area contributed by atoms with Crippen LogP contribution in [0.1, 0.15) is 24.0 Å². The maximum atomic E-state index is 13.3. The molecule has 4 rings (SSSR count). The third kappa shape index (κ3) is 2.44. The van der Waals surface area contributed by atoms with E-state index in [2.05, 4.69) is 15.7 Å². The van der Waals surface area contributed by atoms with Crippen molar-refractivity contribution in [2.75, 3.05) is 4.43 Å². The van der Waals surface area contributed by atoms with Gasteiger partial charge in [-0.05, 0) is 0 Å². The number of benzene rings is 2. The zero-order valence-corrected chi connectivity index (χ0v) is 16.0. The molecule has 2 aliphatic heterocycles. The third-order valence-corrected chi connectivity index (χ3v) is 13.9. The van der Waals surface area contributed by atoms with Gasteiger partial charge >= 0.3 is 145 Å². The molecule has 5 heteroatoms. The van der Waals surface area contributed by atoms with Crippen molar-refractivity contribution in [1.29, 1.82) is 0 Å². The van der Waals surface area contributed by atoms with Gasteiger partial charge in [-0.25, -0.2) is 0 Å². The van der Waals surface area contributed by atoms with E-state index in [1.54, 1.807) is 12.1 Å². The molecule has 2 aliphatic rings. The van der Waals surface area contributed by atoms with E-state index in [0.717, 1.165) is 18.4 Å². The van der Waals surface area contributed by atoms with Gasteiger partial charge in [-0.1, -0.05) is 0 Å². The maximum absolute atomic E-state index is 13.3. The Morgan fingerprint density at radius 3 is 2.48 bits per heavy atom. The van der Waals surface area contributed by atoms with Crippen LogP contribution in [0.15, 0.2) is 59.5 Å². The number of sulfone groups is 1. The molecular formula is C18H20INO2S. The van der Waals surface area contributed by atoms with Crippen molar-refractivity contribution in [3.8, 4) is 0 Å². The minimum atomic E-state index is -3.32. The molecule has 2 aromatic rings. The summed E-state index contributed by atoms with van der Waals surface area (Å²) >= 11 is -1.40. The van der Waals surface area contributed by atoms with Crippen molar-refractivity contribution in [2.45, 2.75) is 33.5 Å². The van der Waals surface area contributed by atoms with Crippen LogP contribution in [-0.2, 0) is 13.4 Å². The van der Waals surface area contributed by atoms with Gasteiger partial charge in [0.2, 0.25) is 0 Å². The first-order valence-electron chi connectivity index (χ1n) is 7.85. The zero-order valence-electron chi connectivity index (χ0n) is 13.0. The Hall–Kier alpha value is -0.920. The molecule has 2 aromatic carbocycles. The van der Waals surface area contributed by atoms with Crippen molar-refractivity contribution in [3.63, 3.8) is 0 Å². The van der Waals surface area contributed by atoms with Gasteiger partial charge in [0, 0.05) is 0 Å². The number of fused-ring (bicyclic) bond motifs is 1. The van der Waals surface area contributed by atoms with E-state index in [1.165, 1.54) is 9.99 Å². The van der Waals surface area contributed by atoms with Crippen LogP contribution in [0.3, 0.4) is 0 Å². The standard InChI is InChI=1S/C18H20INO2S/c1-14-9-11-16(12-10-14)23(21,22)17-8-5-13-19-18(17,20-19)15-6-3-2-4-7-15/h2-4,6-7,9-12,17,20H,5,8,13H2,1H3. The van der Waals surface area contributed by atoms with Gasteiger partial charge in [0.1, 0.15) is 0 Å². The number of hydrogen-bond donors (Lipinski definition) is 1. The summed E-state index contributed by atoms with van der Waals surface area (Å²) in [5.74, 6) is 0. The summed E-state index contributed by atoms with van der Waals surface area (Å²) in [4.78, 5) is 0.467. The van der Waals surface area contributed by atoms with Crippen molar-refractivity contribution < 1.29 is 8.42 Å². The number of halogens is 1. The predicted molar refractivity (Wildman–Crippen MR) is 102 cm³/mol. The molecule has 2 fully saturated rings. The number of alkyl halides is 2. The first kappa shape index (κ1) is 15.6. The predicted octanol–water partition coefficient (Wildman–Crippen LogP) is 3.81. The fourth-order valence-electron chi connectivity index (χ4n) is 3.46. The molecule has 2 unspecified atom stereocenters. The van der Waals surface area contributed by atoms with Crippen LogP contribution in [0.4, 0.5) is 0 Å². The van der Waals surface area contributed by atoms with Gasteiger partial charge in [-0.2, -0.15) is 0 Å². The van der Waals surface area contributed by atoms with Gasteiger partial charge in [-0.3, -0.25) is 0 Å². The van der Waals surface area contributed by atoms with E-state index in [9.17, 15) is 8.42 Å². The van der Waals surface area contributed by atoms with Gasteiger partial charge in [0.15, 0.2) is 0 Å². The molecule has 23 heavy (non-hydrogen) atoms. The second-order valence-electron chi connectivity index (χ2n) is 6.21. The summed E-state index contributed by atoms with van der Waals surface area (Å²) in [5.41, 5.74) is 2.26. The Labute approximate surface area is 145 Å². The molecular weight excluding hydrogens is 421 g/mol. The fourth-order valence-corrected chi connectivity index (χ4v) is 14.4. The van der Waals surface area contributed by atoms with Gasteiger partial charge < -0.3 is 0 Å². The second-order valence-corrected chi connectivity index (χ2v) is 13.7. The van der Waals surface area contributed by atoms with Gasteiger partial charge in [0.05, 0.1) is 0 Å². The average Bonchev–Trinajstić information content (AvgIpc) is 3.31. The van der Waals surface area contributed by atoms with E-state index >= 15 is 0 Å². The van der Waals surface area contributed by atoms with E-state index in [1.807, 2.05) is 37.3 Å². The molecule has 0 aromatic heterocycles. The number of hydrogen-bond acceptors (Lipinski definition) is 3. The summed E-state index contributed by atoms with van der Waals surface area (Å²) in [7, 11) is -3.32. The van der Waals surface area contributed by atoms with Gasteiger partial charge in [0.25, 0.3) is 0 Å². The van der Waals surface area contributed by atoms with Gasteiger partial charge in [-0.15, -0.1) is 0 Å². The van der Waals surface area contributed by atoms with E-state index in [4.69, 9.17) is 0 Å². The molecule has 0 amide bonds. The molecule has 0 spiro atoms. The first-order valence-corrected chi connectivity index (χ1v) is 13.1. The van der Waals surface area contributed by atoms with Crippen molar-refractivity contribution in [2.24, 2.45) is 0 Å². The normalized spacial score (nSPS) is 28.2. The Morgan fingerprint density at radius 1 is 1.09 bits per heavy atom. The van der Waals surface area contributed by atoms with Crippen LogP contribution in [0.5, 0.6) is 0 Å². The monoisotopic (exact) mass is 441 g/mol. The average molecular weight is 441 g/mol. The SMILES string of the molecule is Cc1ccc(S(=O)(=O)C2CCCI3NC23c2ccccc2)cc1. The van der Waals surface area contributed by atoms with Crippen LogP contribution in [0, 0.1) is 6.92 Å². The third-order valence-electron chi connectivity index (χ3n) is 4.73. The summed E-state index contributed by atoms with van der Waals surface area (Å²) in [6, 6.07) is 17.5. The van der Waals surface area contributed by atoms with Crippen LogP contribution in [-0.4, -0.2) is 18.1 Å². The Bertz CT molecular complexity index is 820. The molecule has 2 saturated heterocycles. The summed E-state index contributed by atoms with van der Waals surface area (Å²) in [6.45, 7) is 1.98. The second kappa shape index (κ2) is 5.57. The van der Waals surface area contributed by atoms with E-state index in [0.29, 0.717) is 4.90 Å². The number of aryl methyl sites for hydroxylation is 1. The molecule has 0 bridgehead atoms. The van der Waals surface area contributed by atoms with Crippen molar-refractivity contribution in [3.05, 3.63) is 65.7 Å². The molecule has 0 saturated carbocycles. The van der Waals surface area contributed by atoms with Crippen LogP contribution in [0.25, 0.3) is 0 Å². The first-order chi connectivity index (χ1) is 11.0. The summed E-state index contributed by atoms with van der Waals surface area (Å²) in [5, 5.41) is -0.320. The van der Waals surface area contributed by atoms with E-state index < -0.39 is 29.9 Å². The molecule has 2 atom stereocenters. The molecule has 122 valence electrons. The molecule has 3 nitrogen and oxygen atoms in total. The van der Waals surface area contributed by atoms with Crippen molar-refractivity contribution >= 4 is 29.9 Å². The zero-order chi connectivity index (χ0) is 16.1. The number of nitrogens with one attached hydrogen (secondary N) is 1. The topological polar surface area (TPSA) is 56.1 Å². The van der Waals surface area contributed by atoms with Crippen LogP contribution < -0.4 is 3.53 Å². The molecule has 1 N–H and O–H groups in total. The number of rotatable bonds is 3.